The van der Waals surface area contributed by atoms with E-state index in [-0.39, 0.29) is 47.3 Å². The third-order valence-electron chi connectivity index (χ3n) is 6.36. The van der Waals surface area contributed by atoms with Gasteiger partial charge in [0.25, 0.3) is 0 Å². The zero-order valence-corrected chi connectivity index (χ0v) is 23.9. The van der Waals surface area contributed by atoms with Crippen LogP contribution in [0.1, 0.15) is 73.3 Å². The van der Waals surface area contributed by atoms with Crippen molar-refractivity contribution in [2.45, 2.75) is 96.6 Å². The number of halogens is 1. The summed E-state index contributed by atoms with van der Waals surface area (Å²) in [6.45, 7) is 13.9. The molecule has 2 aliphatic heterocycles. The van der Waals surface area contributed by atoms with Crippen molar-refractivity contribution in [3.05, 3.63) is 23.9 Å². The van der Waals surface area contributed by atoms with Gasteiger partial charge in [-0.2, -0.15) is 10.00 Å². The Kier molecular flexibility index (Phi) is 7.79. The predicted octanol–water partition coefficient (Wildman–Crippen LogP) is 5.65. The molecule has 0 spiro atoms. The number of carbonyl (C=O) groups excluding carboxylic acids is 3. The minimum absolute atomic E-state index is 0.0492. The van der Waals surface area contributed by atoms with E-state index in [9.17, 15) is 14.4 Å². The van der Waals surface area contributed by atoms with E-state index in [4.69, 9.17) is 30.9 Å². The summed E-state index contributed by atoms with van der Waals surface area (Å²) >= 11 is 6.21. The van der Waals surface area contributed by atoms with Gasteiger partial charge in [0.1, 0.15) is 17.8 Å². The van der Waals surface area contributed by atoms with Crippen molar-refractivity contribution in [1.29, 1.82) is 0 Å². The molecule has 2 aromatic heterocycles. The molecule has 0 aromatic carbocycles. The Balaban J connectivity index is 1.74. The fraction of sp³-hybridized carbons (Fsp3) is 0.615. The van der Waals surface area contributed by atoms with Crippen LogP contribution in [0, 0.1) is 0 Å². The number of imide groups is 1. The molecule has 2 unspecified atom stereocenters. The number of fused-ring (bicyclic) bond motifs is 3. The standard InChI is InChI=1S/C26H35ClN6O6/c1-8-11-37-22(34)31-15-9-10-16(31)13-17(12-15)33-18-14-19(27)28-29-20(18)21(30-33)32(23(35)38-25(2,3)4)24(36)39-26(5,6)7/h8,14-17H,1,9-13H2,2-7H3. The number of rotatable bonds is 4. The van der Waals surface area contributed by atoms with Crippen LogP contribution in [0.15, 0.2) is 18.7 Å². The molecular weight excluding hydrogens is 528 g/mol. The van der Waals surface area contributed by atoms with Crippen LogP contribution in [-0.4, -0.2) is 73.1 Å². The molecule has 13 heteroatoms. The summed E-state index contributed by atoms with van der Waals surface area (Å²) in [5.41, 5.74) is -1.10. The van der Waals surface area contributed by atoms with E-state index in [1.807, 2.05) is 0 Å². The summed E-state index contributed by atoms with van der Waals surface area (Å²) in [6, 6.07) is 1.33. The number of ether oxygens (including phenoxy) is 3. The van der Waals surface area contributed by atoms with Crippen LogP contribution in [-0.2, 0) is 14.2 Å². The van der Waals surface area contributed by atoms with Gasteiger partial charge in [0, 0.05) is 18.2 Å². The molecule has 2 aliphatic rings. The van der Waals surface area contributed by atoms with E-state index in [2.05, 4.69) is 16.8 Å². The first-order chi connectivity index (χ1) is 18.2. The number of aromatic nitrogens is 4. The van der Waals surface area contributed by atoms with Crippen molar-refractivity contribution in [1.82, 2.24) is 24.9 Å². The largest absolute Gasteiger partial charge is 0.445 e. The molecule has 2 fully saturated rings. The number of nitrogens with zero attached hydrogens (tertiary/aromatic N) is 6. The Morgan fingerprint density at radius 1 is 1.03 bits per heavy atom. The molecule has 0 radical (unpaired) electrons. The average Bonchev–Trinajstić information content (AvgIpc) is 3.29. The third-order valence-corrected chi connectivity index (χ3v) is 6.54. The van der Waals surface area contributed by atoms with Crippen LogP contribution in [0.3, 0.4) is 0 Å². The summed E-state index contributed by atoms with van der Waals surface area (Å²) in [6.07, 6.45) is 2.11. The van der Waals surface area contributed by atoms with Gasteiger partial charge >= 0.3 is 18.3 Å². The minimum Gasteiger partial charge on any atom is -0.445 e. The van der Waals surface area contributed by atoms with Gasteiger partial charge in [0.15, 0.2) is 16.5 Å². The molecule has 0 saturated carbocycles. The summed E-state index contributed by atoms with van der Waals surface area (Å²) in [7, 11) is 0. The van der Waals surface area contributed by atoms with Crippen LogP contribution in [0.2, 0.25) is 5.15 Å². The second-order valence-corrected chi connectivity index (χ2v) is 12.1. The van der Waals surface area contributed by atoms with Crippen molar-refractivity contribution < 1.29 is 28.6 Å². The molecule has 4 heterocycles. The summed E-state index contributed by atoms with van der Waals surface area (Å²) < 4.78 is 18.1. The van der Waals surface area contributed by atoms with Crippen molar-refractivity contribution in [2.24, 2.45) is 0 Å². The van der Waals surface area contributed by atoms with Crippen molar-refractivity contribution in [2.75, 3.05) is 11.5 Å². The van der Waals surface area contributed by atoms with E-state index in [1.165, 1.54) is 6.08 Å². The Bertz CT molecular complexity index is 1240. The highest BCUT2D eigenvalue weighted by Crippen LogP contribution is 2.43. The van der Waals surface area contributed by atoms with Crippen molar-refractivity contribution >= 4 is 46.7 Å². The van der Waals surface area contributed by atoms with Gasteiger partial charge < -0.3 is 19.1 Å². The van der Waals surface area contributed by atoms with Crippen molar-refractivity contribution in [3.8, 4) is 0 Å². The maximum atomic E-state index is 13.3. The lowest BCUT2D eigenvalue weighted by Gasteiger charge is -2.38. The van der Waals surface area contributed by atoms with E-state index < -0.39 is 23.4 Å². The Hall–Kier alpha value is -3.41. The molecular formula is C26H35ClN6O6. The van der Waals surface area contributed by atoms with Gasteiger partial charge in [-0.1, -0.05) is 24.3 Å². The van der Waals surface area contributed by atoms with Crippen LogP contribution >= 0.6 is 11.6 Å². The summed E-state index contributed by atoms with van der Waals surface area (Å²) in [5.74, 6) is -0.0714. The molecule has 2 saturated heterocycles. The maximum Gasteiger partial charge on any atom is 0.425 e. The highest BCUT2D eigenvalue weighted by molar-refractivity contribution is 6.30. The predicted molar refractivity (Wildman–Crippen MR) is 144 cm³/mol. The molecule has 212 valence electrons. The number of hydrogen-bond acceptors (Lipinski definition) is 9. The first-order valence-corrected chi connectivity index (χ1v) is 13.3. The van der Waals surface area contributed by atoms with E-state index in [1.54, 1.807) is 57.2 Å². The SMILES string of the molecule is C=CCOC(=O)N1C2CCC1CC(n1nc(N(C(=O)OC(C)(C)C)C(=O)OC(C)(C)C)c3nnc(Cl)cc31)C2. The van der Waals surface area contributed by atoms with Gasteiger partial charge in [-0.15, -0.1) is 10.2 Å². The molecule has 2 aromatic rings. The van der Waals surface area contributed by atoms with Gasteiger partial charge in [0.05, 0.1) is 11.6 Å². The van der Waals surface area contributed by atoms with Gasteiger partial charge in [-0.25, -0.2) is 14.4 Å². The fourth-order valence-corrected chi connectivity index (χ4v) is 5.18. The number of hydrogen-bond donors (Lipinski definition) is 0. The van der Waals surface area contributed by atoms with Gasteiger partial charge in [-0.3, -0.25) is 4.68 Å². The molecule has 2 bridgehead atoms. The topological polar surface area (TPSA) is 129 Å². The van der Waals surface area contributed by atoms with Gasteiger partial charge in [0.2, 0.25) is 0 Å². The van der Waals surface area contributed by atoms with Crippen molar-refractivity contribution in [3.63, 3.8) is 0 Å². The fourth-order valence-electron chi connectivity index (χ4n) is 5.04. The molecule has 0 N–H and O–H groups in total. The third kappa shape index (κ3) is 6.26. The van der Waals surface area contributed by atoms with E-state index in [0.29, 0.717) is 18.4 Å². The van der Waals surface area contributed by atoms with Crippen LogP contribution in [0.5, 0.6) is 0 Å². The highest BCUT2D eigenvalue weighted by atomic mass is 35.5. The molecule has 4 rings (SSSR count). The van der Waals surface area contributed by atoms with Gasteiger partial charge in [-0.05, 0) is 67.2 Å². The summed E-state index contributed by atoms with van der Waals surface area (Å²) in [5, 5.41) is 13.0. The Morgan fingerprint density at radius 2 is 1.59 bits per heavy atom. The lowest BCUT2D eigenvalue weighted by atomic mass is 9.98. The maximum absolute atomic E-state index is 13.3. The smallest absolute Gasteiger partial charge is 0.425 e. The Labute approximate surface area is 232 Å². The average molecular weight is 563 g/mol. The quantitative estimate of drug-likeness (QED) is 0.343. The van der Waals surface area contributed by atoms with E-state index >= 15 is 0 Å². The normalized spacial score (nSPS) is 21.0. The lowest BCUT2D eigenvalue weighted by Crippen LogP contribution is -2.47. The number of piperidine rings is 1. The first-order valence-electron chi connectivity index (χ1n) is 12.9. The zero-order chi connectivity index (χ0) is 28.7. The molecule has 39 heavy (non-hydrogen) atoms. The lowest BCUT2D eigenvalue weighted by molar-refractivity contribution is 0.0426. The number of carbonyl (C=O) groups is 3. The van der Waals surface area contributed by atoms with Crippen LogP contribution < -0.4 is 4.90 Å². The second-order valence-electron chi connectivity index (χ2n) is 11.7. The minimum atomic E-state index is -0.958. The molecule has 0 aliphatic carbocycles. The Morgan fingerprint density at radius 3 is 2.10 bits per heavy atom. The zero-order valence-electron chi connectivity index (χ0n) is 23.1. The van der Waals surface area contributed by atoms with Crippen LogP contribution in [0.4, 0.5) is 20.2 Å². The summed E-state index contributed by atoms with van der Waals surface area (Å²) in [4.78, 5) is 41.9. The molecule has 3 amide bonds. The second kappa shape index (κ2) is 10.6. The highest BCUT2D eigenvalue weighted by Gasteiger charge is 2.46. The van der Waals surface area contributed by atoms with Crippen LogP contribution in [0.25, 0.3) is 11.0 Å². The molecule has 12 nitrogen and oxygen atoms in total. The van der Waals surface area contributed by atoms with E-state index in [0.717, 1.165) is 17.7 Å². The first kappa shape index (κ1) is 28.6. The molecule has 2 atom stereocenters. The number of anilines is 1. The monoisotopic (exact) mass is 562 g/mol. The number of amides is 3.